The molecule has 0 aromatic heterocycles. The molecule has 4 aromatic carbocycles. The molecule has 0 saturated carbocycles. The van der Waals surface area contributed by atoms with Gasteiger partial charge in [0.2, 0.25) is 0 Å². The van der Waals surface area contributed by atoms with Crippen LogP contribution in [0.5, 0.6) is 0 Å². The lowest BCUT2D eigenvalue weighted by Gasteiger charge is -2.32. The highest BCUT2D eigenvalue weighted by atomic mass is 14.5. The zero-order valence-electron chi connectivity index (χ0n) is 16.2. The molecule has 0 N–H and O–H groups in total. The number of hydrogen-bond acceptors (Lipinski definition) is 0. The Balaban J connectivity index is 1.73. The Bertz CT molecular complexity index is 1400. The molecule has 1 unspecified atom stereocenters. The third-order valence-electron chi connectivity index (χ3n) is 7.16. The zero-order chi connectivity index (χ0) is 19.0. The highest BCUT2D eigenvalue weighted by Gasteiger charge is 2.52. The minimum Gasteiger partial charge on any atom is -0.0839 e. The fourth-order valence-electron chi connectivity index (χ4n) is 6.14. The summed E-state index contributed by atoms with van der Waals surface area (Å²) in [6.45, 7) is 0. The van der Waals surface area contributed by atoms with Crippen molar-refractivity contribution >= 4 is 16.3 Å². The molecule has 1 spiro atoms. The van der Waals surface area contributed by atoms with Crippen molar-refractivity contribution in [3.8, 4) is 11.1 Å². The van der Waals surface area contributed by atoms with Gasteiger partial charge in [-0.2, -0.15) is 0 Å². The molecule has 0 heteroatoms. The van der Waals surface area contributed by atoms with E-state index in [1.807, 2.05) is 0 Å². The standard InChI is InChI=1S/C29H20/c1-2-10-20-19(9-1)17-18-27-28(20)23-13-5-8-16-26(23)29(27)24-14-6-3-11-21(24)22-12-4-7-15-25(22)29/h1-3,5-11,13-18H,4,12H2. The van der Waals surface area contributed by atoms with Gasteiger partial charge in [-0.25, -0.2) is 0 Å². The van der Waals surface area contributed by atoms with E-state index in [2.05, 4.69) is 97.1 Å². The van der Waals surface area contributed by atoms with E-state index in [1.54, 1.807) is 5.57 Å². The summed E-state index contributed by atoms with van der Waals surface area (Å²) in [5, 5.41) is 2.68. The average Bonchev–Trinajstić information content (AvgIpc) is 3.27. The molecule has 4 aromatic rings. The van der Waals surface area contributed by atoms with Gasteiger partial charge in [0, 0.05) is 0 Å². The van der Waals surface area contributed by atoms with Gasteiger partial charge in [-0.3, -0.25) is 0 Å². The van der Waals surface area contributed by atoms with Gasteiger partial charge in [-0.15, -0.1) is 0 Å². The molecular formula is C29H20. The molecule has 3 aliphatic rings. The van der Waals surface area contributed by atoms with E-state index in [-0.39, 0.29) is 5.41 Å². The second-order valence-electron chi connectivity index (χ2n) is 8.38. The van der Waals surface area contributed by atoms with Crippen molar-refractivity contribution in [2.75, 3.05) is 0 Å². The van der Waals surface area contributed by atoms with E-state index in [0.717, 1.165) is 12.8 Å². The first-order valence-corrected chi connectivity index (χ1v) is 10.5. The summed E-state index contributed by atoms with van der Waals surface area (Å²) in [4.78, 5) is 0. The molecule has 0 fully saturated rings. The van der Waals surface area contributed by atoms with Crippen LogP contribution in [0, 0.1) is 0 Å². The van der Waals surface area contributed by atoms with Crippen LogP contribution in [0.3, 0.4) is 0 Å². The molecule has 0 nitrogen and oxygen atoms in total. The lowest BCUT2D eigenvalue weighted by Crippen LogP contribution is -2.27. The molecule has 0 radical (unpaired) electrons. The lowest BCUT2D eigenvalue weighted by molar-refractivity contribution is 0.781. The van der Waals surface area contributed by atoms with E-state index in [1.165, 1.54) is 49.7 Å². The number of hydrogen-bond donors (Lipinski definition) is 0. The summed E-state index contributed by atoms with van der Waals surface area (Å²) < 4.78 is 0. The van der Waals surface area contributed by atoms with Gasteiger partial charge in [-0.05, 0) is 68.1 Å². The van der Waals surface area contributed by atoms with Crippen molar-refractivity contribution in [1.29, 1.82) is 0 Å². The maximum atomic E-state index is 2.42. The monoisotopic (exact) mass is 368 g/mol. The lowest BCUT2D eigenvalue weighted by atomic mass is 9.69. The van der Waals surface area contributed by atoms with Crippen LogP contribution < -0.4 is 0 Å². The summed E-state index contributed by atoms with van der Waals surface area (Å²) >= 11 is 0. The molecule has 1 atom stereocenters. The van der Waals surface area contributed by atoms with Crippen LogP contribution in [-0.4, -0.2) is 0 Å². The van der Waals surface area contributed by atoms with Crippen LogP contribution in [-0.2, 0) is 5.41 Å². The van der Waals surface area contributed by atoms with Crippen molar-refractivity contribution in [3.63, 3.8) is 0 Å². The van der Waals surface area contributed by atoms with Crippen LogP contribution in [0.25, 0.3) is 27.5 Å². The zero-order valence-corrected chi connectivity index (χ0v) is 16.2. The third kappa shape index (κ3) is 1.72. The molecule has 3 aliphatic carbocycles. The Hall–Kier alpha value is -3.38. The largest absolute Gasteiger partial charge is 0.0839 e. The van der Waals surface area contributed by atoms with E-state index < -0.39 is 0 Å². The maximum Gasteiger partial charge on any atom is 0.0722 e. The number of benzene rings is 4. The first-order valence-electron chi connectivity index (χ1n) is 10.5. The van der Waals surface area contributed by atoms with Crippen LogP contribution in [0.4, 0.5) is 0 Å². The molecule has 0 heterocycles. The summed E-state index contributed by atoms with van der Waals surface area (Å²) in [6.07, 6.45) is 7.05. The van der Waals surface area contributed by atoms with Gasteiger partial charge in [0.25, 0.3) is 0 Å². The van der Waals surface area contributed by atoms with Gasteiger partial charge < -0.3 is 0 Å². The second-order valence-corrected chi connectivity index (χ2v) is 8.38. The Morgan fingerprint density at radius 2 is 1.34 bits per heavy atom. The Kier molecular flexibility index (Phi) is 2.87. The fourth-order valence-corrected chi connectivity index (χ4v) is 6.14. The Morgan fingerprint density at radius 3 is 2.24 bits per heavy atom. The van der Waals surface area contributed by atoms with Crippen molar-refractivity contribution in [2.45, 2.75) is 18.3 Å². The first kappa shape index (κ1) is 15.5. The quantitative estimate of drug-likeness (QED) is 0.306. The normalized spacial score (nSPS) is 20.7. The third-order valence-corrected chi connectivity index (χ3v) is 7.16. The minimum absolute atomic E-state index is 0.182. The van der Waals surface area contributed by atoms with Crippen LogP contribution in [0.15, 0.2) is 103 Å². The molecule has 0 saturated heterocycles. The van der Waals surface area contributed by atoms with E-state index in [9.17, 15) is 0 Å². The van der Waals surface area contributed by atoms with Gasteiger partial charge in [0.05, 0.1) is 5.41 Å². The van der Waals surface area contributed by atoms with Gasteiger partial charge in [0.1, 0.15) is 0 Å². The Labute approximate surface area is 170 Å². The second kappa shape index (κ2) is 5.36. The minimum atomic E-state index is -0.182. The van der Waals surface area contributed by atoms with Crippen molar-refractivity contribution in [1.82, 2.24) is 0 Å². The summed E-state index contributed by atoms with van der Waals surface area (Å²) in [6, 6.07) is 31.7. The van der Waals surface area contributed by atoms with Gasteiger partial charge >= 0.3 is 0 Å². The molecule has 7 rings (SSSR count). The van der Waals surface area contributed by atoms with Crippen LogP contribution in [0.2, 0.25) is 0 Å². The number of fused-ring (bicyclic) bond motifs is 11. The predicted octanol–water partition coefficient (Wildman–Crippen LogP) is 7.27. The Morgan fingerprint density at radius 1 is 0.621 bits per heavy atom. The van der Waals surface area contributed by atoms with Crippen LogP contribution >= 0.6 is 0 Å². The van der Waals surface area contributed by atoms with E-state index in [0.29, 0.717) is 0 Å². The molecule has 0 bridgehead atoms. The first-order chi connectivity index (χ1) is 14.4. The molecule has 0 aliphatic heterocycles. The van der Waals surface area contributed by atoms with E-state index in [4.69, 9.17) is 0 Å². The molecule has 0 amide bonds. The van der Waals surface area contributed by atoms with Gasteiger partial charge in [-0.1, -0.05) is 97.1 Å². The summed E-state index contributed by atoms with van der Waals surface area (Å²) in [7, 11) is 0. The van der Waals surface area contributed by atoms with E-state index >= 15 is 0 Å². The highest BCUT2D eigenvalue weighted by molar-refractivity contribution is 6.06. The van der Waals surface area contributed by atoms with Crippen molar-refractivity contribution < 1.29 is 0 Å². The number of rotatable bonds is 0. The van der Waals surface area contributed by atoms with Crippen molar-refractivity contribution in [2.24, 2.45) is 0 Å². The smallest absolute Gasteiger partial charge is 0.0722 e. The maximum absolute atomic E-state index is 2.42. The summed E-state index contributed by atoms with van der Waals surface area (Å²) in [5.41, 5.74) is 11.4. The summed E-state index contributed by atoms with van der Waals surface area (Å²) in [5.74, 6) is 0. The van der Waals surface area contributed by atoms with Crippen LogP contribution in [0.1, 0.15) is 35.1 Å². The fraction of sp³-hybridized carbons (Fsp3) is 0.103. The predicted molar refractivity (Wildman–Crippen MR) is 121 cm³/mol. The topological polar surface area (TPSA) is 0 Å². The molecular weight excluding hydrogens is 348 g/mol. The molecule has 136 valence electrons. The van der Waals surface area contributed by atoms with Gasteiger partial charge in [0.15, 0.2) is 0 Å². The SMILES string of the molecule is C1=CC2=C(CC1)c1ccccc1C21c2ccccc2-c2c1ccc1ccccc21. The average molecular weight is 368 g/mol. The number of allylic oxidation sites excluding steroid dienone is 4. The van der Waals surface area contributed by atoms with Crippen molar-refractivity contribution in [3.05, 3.63) is 125 Å². The highest BCUT2D eigenvalue weighted by Crippen LogP contribution is 2.64. The molecule has 29 heavy (non-hydrogen) atoms.